The van der Waals surface area contributed by atoms with Crippen molar-refractivity contribution in [3.05, 3.63) is 35.9 Å². The largest absolute Gasteiger partial charge is 0.370 e. The van der Waals surface area contributed by atoms with Gasteiger partial charge in [0.25, 0.3) is 0 Å². The van der Waals surface area contributed by atoms with Crippen LogP contribution in [0, 0.1) is 6.92 Å². The summed E-state index contributed by atoms with van der Waals surface area (Å²) in [6.07, 6.45) is 6.13. The normalized spacial score (nSPS) is 18.4. The molecule has 3 rings (SSSR count). The number of primary amides is 2. The third kappa shape index (κ3) is 12.3. The van der Waals surface area contributed by atoms with Gasteiger partial charge in [0.2, 0.25) is 24.1 Å². The quantitative estimate of drug-likeness (QED) is 0.532. The van der Waals surface area contributed by atoms with E-state index in [2.05, 4.69) is 26.0 Å². The second kappa shape index (κ2) is 18.5. The van der Waals surface area contributed by atoms with E-state index in [4.69, 9.17) is 17.2 Å². The SMILES string of the molecule is CCCC(N)=O.CCCN.Cc1ccccc1.NC(=O)C1CCCN1C(=O)C1CCCN1C=O. The molecule has 2 aliphatic heterocycles. The van der Waals surface area contributed by atoms with Gasteiger partial charge in [0.05, 0.1) is 0 Å². The lowest BCUT2D eigenvalue weighted by molar-refractivity contribution is -0.143. The summed E-state index contributed by atoms with van der Waals surface area (Å²) in [7, 11) is 0. The Hall–Kier alpha value is -2.94. The van der Waals surface area contributed by atoms with Gasteiger partial charge in [-0.05, 0) is 52.0 Å². The zero-order valence-corrected chi connectivity index (χ0v) is 20.9. The Bertz CT molecular complexity index is 727. The van der Waals surface area contributed by atoms with Gasteiger partial charge < -0.3 is 27.0 Å². The summed E-state index contributed by atoms with van der Waals surface area (Å²) in [6, 6.07) is 9.38. The van der Waals surface area contributed by atoms with Gasteiger partial charge in [-0.15, -0.1) is 0 Å². The van der Waals surface area contributed by atoms with Crippen LogP contribution in [0.5, 0.6) is 0 Å². The van der Waals surface area contributed by atoms with E-state index >= 15 is 0 Å². The summed E-state index contributed by atoms with van der Waals surface area (Å²) in [5.41, 5.74) is 16.4. The maximum absolute atomic E-state index is 12.2. The molecule has 34 heavy (non-hydrogen) atoms. The first-order valence-corrected chi connectivity index (χ1v) is 12.0. The molecule has 2 unspecified atom stereocenters. The number of nitrogens with two attached hydrogens (primary N) is 3. The standard InChI is InChI=1S/C11H17N3O3.C7H8.C4H9NO.C3H9N/c12-10(16)8-3-2-6-14(8)11(17)9-4-1-5-13(9)7-15;1-7-5-3-2-4-6-7;1-2-3-4(5)6;1-2-3-4/h7-9H,1-6H2,(H2,12,16);2-6H,1H3;2-3H2,1H3,(H2,5,6);2-4H2,1H3. The zero-order valence-electron chi connectivity index (χ0n) is 20.9. The van der Waals surface area contributed by atoms with E-state index in [0.29, 0.717) is 38.8 Å². The van der Waals surface area contributed by atoms with Crippen molar-refractivity contribution < 1.29 is 19.2 Å². The first kappa shape index (κ1) is 31.1. The lowest BCUT2D eigenvalue weighted by Crippen LogP contribution is -2.50. The Kier molecular flexibility index (Phi) is 16.9. The molecule has 2 aliphatic rings. The number of hydrogen-bond acceptors (Lipinski definition) is 5. The summed E-state index contributed by atoms with van der Waals surface area (Å²) in [4.78, 5) is 47.2. The number of likely N-dealkylation sites (tertiary alicyclic amines) is 2. The van der Waals surface area contributed by atoms with Gasteiger partial charge in [0, 0.05) is 19.5 Å². The molecule has 4 amide bonds. The number of benzene rings is 1. The van der Waals surface area contributed by atoms with E-state index in [1.165, 1.54) is 15.4 Å². The first-order valence-electron chi connectivity index (χ1n) is 12.0. The fraction of sp³-hybridized carbons (Fsp3) is 0.600. The molecule has 2 heterocycles. The van der Waals surface area contributed by atoms with Crippen LogP contribution in [0.2, 0.25) is 0 Å². The minimum atomic E-state index is -0.489. The van der Waals surface area contributed by atoms with Crippen LogP contribution in [-0.4, -0.2) is 65.6 Å². The highest BCUT2D eigenvalue weighted by Crippen LogP contribution is 2.23. The average molecular weight is 478 g/mol. The molecule has 1 aromatic rings. The predicted octanol–water partition coefficient (Wildman–Crippen LogP) is 1.71. The van der Waals surface area contributed by atoms with Gasteiger partial charge in [-0.1, -0.05) is 49.7 Å². The zero-order chi connectivity index (χ0) is 25.9. The Balaban J connectivity index is 0.000000527. The molecular weight excluding hydrogens is 434 g/mol. The number of amides is 4. The van der Waals surface area contributed by atoms with E-state index in [1.807, 2.05) is 25.1 Å². The number of aryl methyl sites for hydroxylation is 1. The number of nitrogens with zero attached hydrogens (tertiary/aromatic N) is 2. The predicted molar refractivity (Wildman–Crippen MR) is 134 cm³/mol. The molecule has 2 atom stereocenters. The van der Waals surface area contributed by atoms with Gasteiger partial charge in [-0.3, -0.25) is 19.2 Å². The Morgan fingerprint density at radius 1 is 0.971 bits per heavy atom. The molecule has 2 saturated heterocycles. The van der Waals surface area contributed by atoms with Crippen molar-refractivity contribution in [2.75, 3.05) is 19.6 Å². The van der Waals surface area contributed by atoms with Gasteiger partial charge in [0.15, 0.2) is 0 Å². The van der Waals surface area contributed by atoms with Crippen LogP contribution in [-0.2, 0) is 19.2 Å². The summed E-state index contributed by atoms with van der Waals surface area (Å²) in [5, 5.41) is 0. The van der Waals surface area contributed by atoms with Crippen LogP contribution in [0.15, 0.2) is 30.3 Å². The van der Waals surface area contributed by atoms with Crippen molar-refractivity contribution >= 4 is 24.1 Å². The smallest absolute Gasteiger partial charge is 0.246 e. The molecule has 0 aliphatic carbocycles. The molecule has 192 valence electrons. The fourth-order valence-electron chi connectivity index (χ4n) is 3.48. The lowest BCUT2D eigenvalue weighted by atomic mass is 10.1. The van der Waals surface area contributed by atoms with E-state index in [-0.39, 0.29) is 11.8 Å². The van der Waals surface area contributed by atoms with Crippen molar-refractivity contribution in [1.82, 2.24) is 9.80 Å². The van der Waals surface area contributed by atoms with Gasteiger partial charge in [-0.25, -0.2) is 0 Å². The Morgan fingerprint density at radius 3 is 1.91 bits per heavy atom. The highest BCUT2D eigenvalue weighted by molar-refractivity contribution is 5.90. The Morgan fingerprint density at radius 2 is 1.53 bits per heavy atom. The minimum absolute atomic E-state index is 0.129. The summed E-state index contributed by atoms with van der Waals surface area (Å²) in [5.74, 6) is -0.792. The molecule has 1 aromatic carbocycles. The maximum atomic E-state index is 12.2. The molecule has 0 bridgehead atoms. The van der Waals surface area contributed by atoms with E-state index in [9.17, 15) is 19.2 Å². The monoisotopic (exact) mass is 477 g/mol. The summed E-state index contributed by atoms with van der Waals surface area (Å²) < 4.78 is 0. The third-order valence-corrected chi connectivity index (χ3v) is 5.30. The molecule has 6 N–H and O–H groups in total. The van der Waals surface area contributed by atoms with Crippen LogP contribution in [0.3, 0.4) is 0 Å². The molecular formula is C25H43N5O4. The maximum Gasteiger partial charge on any atom is 0.246 e. The molecule has 0 spiro atoms. The summed E-state index contributed by atoms with van der Waals surface area (Å²) in [6.45, 7) is 8.06. The van der Waals surface area contributed by atoms with E-state index in [1.54, 1.807) is 0 Å². The topological polar surface area (TPSA) is 153 Å². The Labute approximate surface area is 204 Å². The molecule has 0 radical (unpaired) electrons. The molecule has 0 saturated carbocycles. The average Bonchev–Trinajstić information content (AvgIpc) is 3.50. The van der Waals surface area contributed by atoms with Crippen LogP contribution in [0.4, 0.5) is 0 Å². The minimum Gasteiger partial charge on any atom is -0.370 e. The van der Waals surface area contributed by atoms with Crippen molar-refractivity contribution in [2.24, 2.45) is 17.2 Å². The van der Waals surface area contributed by atoms with Gasteiger partial charge in [-0.2, -0.15) is 0 Å². The van der Waals surface area contributed by atoms with Crippen LogP contribution >= 0.6 is 0 Å². The third-order valence-electron chi connectivity index (χ3n) is 5.30. The number of hydrogen-bond donors (Lipinski definition) is 3. The first-order chi connectivity index (χ1) is 16.2. The van der Waals surface area contributed by atoms with E-state index < -0.39 is 18.0 Å². The second-order valence-electron chi connectivity index (χ2n) is 8.25. The van der Waals surface area contributed by atoms with Crippen molar-refractivity contribution in [1.29, 1.82) is 0 Å². The van der Waals surface area contributed by atoms with Gasteiger partial charge >= 0.3 is 0 Å². The second-order valence-corrected chi connectivity index (χ2v) is 8.25. The van der Waals surface area contributed by atoms with Crippen molar-refractivity contribution in [2.45, 2.75) is 77.8 Å². The molecule has 9 nitrogen and oxygen atoms in total. The van der Waals surface area contributed by atoms with Crippen LogP contribution in [0.25, 0.3) is 0 Å². The lowest BCUT2D eigenvalue weighted by Gasteiger charge is -2.28. The van der Waals surface area contributed by atoms with Gasteiger partial charge in [0.1, 0.15) is 12.1 Å². The van der Waals surface area contributed by atoms with Crippen molar-refractivity contribution in [3.8, 4) is 0 Å². The number of carbonyl (C=O) groups excluding carboxylic acids is 4. The van der Waals surface area contributed by atoms with Crippen molar-refractivity contribution in [3.63, 3.8) is 0 Å². The van der Waals surface area contributed by atoms with Crippen LogP contribution < -0.4 is 17.2 Å². The number of carbonyl (C=O) groups is 4. The van der Waals surface area contributed by atoms with Crippen LogP contribution in [0.1, 0.15) is 64.4 Å². The number of rotatable bonds is 6. The van der Waals surface area contributed by atoms with E-state index in [0.717, 1.165) is 32.2 Å². The fourth-order valence-corrected chi connectivity index (χ4v) is 3.48. The highest BCUT2D eigenvalue weighted by atomic mass is 16.2. The molecule has 2 fully saturated rings. The summed E-state index contributed by atoms with van der Waals surface area (Å²) >= 11 is 0. The molecule has 9 heteroatoms. The highest BCUT2D eigenvalue weighted by Gasteiger charge is 2.39. The molecule has 0 aromatic heterocycles.